The quantitative estimate of drug-likeness (QED) is 0.367. The zero-order chi connectivity index (χ0) is 7.98. The van der Waals surface area contributed by atoms with Gasteiger partial charge in [-0.15, -0.1) is 0 Å². The fraction of sp³-hybridized carbons (Fsp3) is 0.429. The van der Waals surface area contributed by atoms with E-state index in [2.05, 4.69) is 29.3 Å². The molecular weight excluding hydrogens is 144 g/mol. The Labute approximate surface area is 67.2 Å². The fourth-order valence-corrected chi connectivity index (χ4v) is 0.373. The van der Waals surface area contributed by atoms with E-state index < -0.39 is 0 Å². The lowest BCUT2D eigenvalue weighted by molar-refractivity contribution is 1.12. The molecule has 0 aliphatic carbocycles. The molecule has 56 valence electrons. The summed E-state index contributed by atoms with van der Waals surface area (Å²) in [6, 6.07) is 0. The van der Waals surface area contributed by atoms with Crippen LogP contribution in [0.5, 0.6) is 0 Å². The van der Waals surface area contributed by atoms with Crippen molar-refractivity contribution in [3.63, 3.8) is 0 Å². The van der Waals surface area contributed by atoms with Gasteiger partial charge in [0.05, 0.1) is 0 Å². The van der Waals surface area contributed by atoms with Crippen molar-refractivity contribution in [3.05, 3.63) is 11.8 Å². The maximum absolute atomic E-state index is 4.21. The Morgan fingerprint density at radius 1 is 1.70 bits per heavy atom. The topological polar surface area (TPSA) is 24.7 Å². The molecule has 0 aliphatic rings. The first-order valence-electron chi connectivity index (χ1n) is 3.00. The fourth-order valence-electron chi connectivity index (χ4n) is 0.306. The average Bonchev–Trinajstić information content (AvgIpc) is 1.88. The first-order valence-corrected chi connectivity index (χ1v) is 3.52. The van der Waals surface area contributed by atoms with Crippen LogP contribution >= 0.6 is 12.6 Å². The summed E-state index contributed by atoms with van der Waals surface area (Å²) >= 11 is 4.21. The van der Waals surface area contributed by atoms with Crippen LogP contribution in [-0.2, 0) is 0 Å². The molecule has 0 aliphatic heterocycles. The molecule has 0 aromatic rings. The van der Waals surface area contributed by atoms with Gasteiger partial charge in [-0.1, -0.05) is 0 Å². The molecule has 0 radical (unpaired) electrons. The maximum atomic E-state index is 4.21. The number of hydrogen-bond acceptors (Lipinski definition) is 2. The molecule has 3 heteroatoms. The first kappa shape index (κ1) is 9.43. The van der Waals surface area contributed by atoms with Crippen molar-refractivity contribution >= 4 is 25.7 Å². The Kier molecular flexibility index (Phi) is 4.94. The molecule has 0 spiro atoms. The van der Waals surface area contributed by atoms with Crippen LogP contribution in [0.25, 0.3) is 0 Å². The Morgan fingerprint density at radius 2 is 2.30 bits per heavy atom. The summed E-state index contributed by atoms with van der Waals surface area (Å²) in [5, 5.41) is 0.252. The van der Waals surface area contributed by atoms with Crippen molar-refractivity contribution in [2.75, 3.05) is 0 Å². The SMILES string of the molecule is C=NC=N/C=C(\C)C(C)S. The van der Waals surface area contributed by atoms with Gasteiger partial charge in [-0.25, -0.2) is 4.99 Å². The van der Waals surface area contributed by atoms with Crippen molar-refractivity contribution in [3.8, 4) is 0 Å². The van der Waals surface area contributed by atoms with E-state index in [9.17, 15) is 0 Å². The van der Waals surface area contributed by atoms with E-state index in [0.717, 1.165) is 5.57 Å². The standard InChI is InChI=1S/C7H12N2S/c1-6(7(2)10)4-9-5-8-3/h4-5,7,10H,3H2,1-2H3/b6-4+,9-5?. The molecule has 0 N–H and O–H groups in total. The molecule has 1 unspecified atom stereocenters. The van der Waals surface area contributed by atoms with E-state index in [0.29, 0.717) is 0 Å². The minimum Gasteiger partial charge on any atom is -0.253 e. The molecule has 1 atom stereocenters. The molecule has 0 saturated heterocycles. The number of rotatable bonds is 3. The van der Waals surface area contributed by atoms with E-state index in [-0.39, 0.29) is 5.25 Å². The van der Waals surface area contributed by atoms with Crippen molar-refractivity contribution in [1.82, 2.24) is 0 Å². The van der Waals surface area contributed by atoms with Crippen LogP contribution in [0.4, 0.5) is 0 Å². The van der Waals surface area contributed by atoms with Gasteiger partial charge in [-0.05, 0) is 26.1 Å². The van der Waals surface area contributed by atoms with Gasteiger partial charge in [0.2, 0.25) is 0 Å². The predicted octanol–water partition coefficient (Wildman–Crippen LogP) is 1.94. The van der Waals surface area contributed by atoms with Crippen LogP contribution in [0.1, 0.15) is 13.8 Å². The summed E-state index contributed by atoms with van der Waals surface area (Å²) < 4.78 is 0. The highest BCUT2D eigenvalue weighted by Gasteiger charge is 1.93. The van der Waals surface area contributed by atoms with Gasteiger partial charge >= 0.3 is 0 Å². The minimum atomic E-state index is 0.252. The number of nitrogens with zero attached hydrogens (tertiary/aromatic N) is 2. The summed E-state index contributed by atoms with van der Waals surface area (Å²) in [5.41, 5.74) is 1.11. The second-order valence-corrected chi connectivity index (χ2v) is 2.77. The monoisotopic (exact) mass is 156 g/mol. The van der Waals surface area contributed by atoms with Crippen LogP contribution in [0.3, 0.4) is 0 Å². The molecule has 0 amide bonds. The molecule has 0 rings (SSSR count). The van der Waals surface area contributed by atoms with Crippen molar-refractivity contribution in [2.45, 2.75) is 19.1 Å². The second-order valence-electron chi connectivity index (χ2n) is 2.00. The summed E-state index contributed by atoms with van der Waals surface area (Å²) in [4.78, 5) is 7.30. The Balaban J connectivity index is 3.91. The average molecular weight is 156 g/mol. The smallest absolute Gasteiger partial charge is 0.114 e. The summed E-state index contributed by atoms with van der Waals surface area (Å²) in [7, 11) is 0. The lowest BCUT2D eigenvalue weighted by atomic mass is 10.2. The number of thiol groups is 1. The normalized spacial score (nSPS) is 15.7. The molecule has 0 saturated carbocycles. The summed E-state index contributed by atoms with van der Waals surface area (Å²) in [6.45, 7) is 7.22. The van der Waals surface area contributed by atoms with Crippen molar-refractivity contribution in [1.29, 1.82) is 0 Å². The maximum Gasteiger partial charge on any atom is 0.114 e. The van der Waals surface area contributed by atoms with Crippen LogP contribution in [0.15, 0.2) is 21.8 Å². The number of aliphatic imine (C=N–C) groups is 2. The highest BCUT2D eigenvalue weighted by Crippen LogP contribution is 2.06. The van der Waals surface area contributed by atoms with Gasteiger partial charge in [-0.3, -0.25) is 4.99 Å². The lowest BCUT2D eigenvalue weighted by Crippen LogP contribution is -1.90. The van der Waals surface area contributed by atoms with E-state index >= 15 is 0 Å². The van der Waals surface area contributed by atoms with Crippen molar-refractivity contribution < 1.29 is 0 Å². The van der Waals surface area contributed by atoms with Crippen LogP contribution < -0.4 is 0 Å². The zero-order valence-corrected chi connectivity index (χ0v) is 7.18. The number of hydrogen-bond donors (Lipinski definition) is 1. The van der Waals surface area contributed by atoms with Crippen molar-refractivity contribution in [2.24, 2.45) is 9.98 Å². The predicted molar refractivity (Wildman–Crippen MR) is 50.2 cm³/mol. The van der Waals surface area contributed by atoms with E-state index in [1.54, 1.807) is 6.20 Å². The third-order valence-corrected chi connectivity index (χ3v) is 1.49. The molecule has 0 aromatic heterocycles. The molecular formula is C7H12N2S. The van der Waals surface area contributed by atoms with Gasteiger partial charge in [0, 0.05) is 11.4 Å². The van der Waals surface area contributed by atoms with Gasteiger partial charge < -0.3 is 0 Å². The second kappa shape index (κ2) is 5.23. The zero-order valence-electron chi connectivity index (χ0n) is 6.28. The molecule has 0 aromatic carbocycles. The minimum absolute atomic E-state index is 0.252. The first-order chi connectivity index (χ1) is 4.68. The third-order valence-electron chi connectivity index (χ3n) is 1.09. The van der Waals surface area contributed by atoms with E-state index in [4.69, 9.17) is 0 Å². The van der Waals surface area contributed by atoms with Crippen LogP contribution in [-0.4, -0.2) is 18.3 Å². The highest BCUT2D eigenvalue weighted by atomic mass is 32.1. The van der Waals surface area contributed by atoms with Crippen LogP contribution in [0, 0.1) is 0 Å². The highest BCUT2D eigenvalue weighted by molar-refractivity contribution is 7.81. The molecule has 0 bridgehead atoms. The molecule has 2 nitrogen and oxygen atoms in total. The Hall–Kier alpha value is -0.570. The van der Waals surface area contributed by atoms with Crippen LogP contribution in [0.2, 0.25) is 0 Å². The summed E-state index contributed by atoms with van der Waals surface area (Å²) in [6.07, 6.45) is 3.13. The molecule has 0 heterocycles. The lowest BCUT2D eigenvalue weighted by Gasteiger charge is -1.99. The van der Waals surface area contributed by atoms with Gasteiger partial charge in [0.15, 0.2) is 0 Å². The Morgan fingerprint density at radius 3 is 2.70 bits per heavy atom. The summed E-state index contributed by atoms with van der Waals surface area (Å²) in [5.74, 6) is 0. The van der Waals surface area contributed by atoms with Gasteiger partial charge in [0.25, 0.3) is 0 Å². The largest absolute Gasteiger partial charge is 0.253 e. The Bertz CT molecular complexity index is 159. The van der Waals surface area contributed by atoms with E-state index in [1.165, 1.54) is 6.34 Å². The molecule has 0 fully saturated rings. The van der Waals surface area contributed by atoms with Gasteiger partial charge in [-0.2, -0.15) is 12.6 Å². The van der Waals surface area contributed by atoms with E-state index in [1.807, 2.05) is 13.8 Å². The third kappa shape index (κ3) is 4.32. The molecule has 10 heavy (non-hydrogen) atoms. The van der Waals surface area contributed by atoms with Gasteiger partial charge in [0.1, 0.15) is 6.34 Å².